The summed E-state index contributed by atoms with van der Waals surface area (Å²) in [5, 5.41) is 2.70. The van der Waals surface area contributed by atoms with Crippen LogP contribution in [0.5, 0.6) is 0 Å². The molecule has 0 aliphatic heterocycles. The SMILES string of the molecule is O=S([O-])OCNc1cccnc1. The lowest BCUT2D eigenvalue weighted by atomic mass is 10.4. The zero-order chi connectivity index (χ0) is 8.81. The number of anilines is 1. The van der Waals surface area contributed by atoms with Gasteiger partial charge in [0.1, 0.15) is 6.73 Å². The van der Waals surface area contributed by atoms with Crippen LogP contribution in [-0.4, -0.2) is 20.5 Å². The van der Waals surface area contributed by atoms with E-state index in [-0.39, 0.29) is 6.73 Å². The molecule has 0 spiro atoms. The first-order chi connectivity index (χ1) is 5.79. The maximum Gasteiger partial charge on any atom is 0.132 e. The van der Waals surface area contributed by atoms with Gasteiger partial charge in [0.25, 0.3) is 0 Å². The fourth-order valence-corrected chi connectivity index (χ4v) is 0.783. The number of nitrogens with one attached hydrogen (secondary N) is 1. The molecule has 0 aromatic carbocycles. The average molecular weight is 187 g/mol. The molecule has 0 fully saturated rings. The van der Waals surface area contributed by atoms with E-state index in [0.29, 0.717) is 5.69 Å². The van der Waals surface area contributed by atoms with E-state index in [9.17, 15) is 8.76 Å². The summed E-state index contributed by atoms with van der Waals surface area (Å²) in [5.41, 5.74) is 0.711. The molecule has 66 valence electrons. The molecule has 0 bridgehead atoms. The van der Waals surface area contributed by atoms with E-state index in [4.69, 9.17) is 0 Å². The zero-order valence-electron chi connectivity index (χ0n) is 6.10. The van der Waals surface area contributed by atoms with Crippen LogP contribution in [0.2, 0.25) is 0 Å². The van der Waals surface area contributed by atoms with E-state index in [1.165, 1.54) is 0 Å². The topological polar surface area (TPSA) is 74.3 Å². The summed E-state index contributed by atoms with van der Waals surface area (Å²) in [6, 6.07) is 3.49. The predicted molar refractivity (Wildman–Crippen MR) is 42.7 cm³/mol. The van der Waals surface area contributed by atoms with Crippen LogP contribution < -0.4 is 5.32 Å². The third-order valence-corrected chi connectivity index (χ3v) is 1.40. The van der Waals surface area contributed by atoms with Crippen molar-refractivity contribution in [3.05, 3.63) is 24.5 Å². The Hall–Kier alpha value is -0.980. The monoisotopic (exact) mass is 187 g/mol. The molecule has 1 aromatic rings. The molecule has 1 N–H and O–H groups in total. The van der Waals surface area contributed by atoms with Gasteiger partial charge in [-0.1, -0.05) is 0 Å². The molecule has 0 amide bonds. The van der Waals surface area contributed by atoms with Crippen LogP contribution >= 0.6 is 0 Å². The summed E-state index contributed by atoms with van der Waals surface area (Å²) >= 11 is -2.47. The molecule has 12 heavy (non-hydrogen) atoms. The van der Waals surface area contributed by atoms with Crippen LogP contribution in [0.3, 0.4) is 0 Å². The quantitative estimate of drug-likeness (QED) is 0.540. The summed E-state index contributed by atoms with van der Waals surface area (Å²) < 4.78 is 24.0. The van der Waals surface area contributed by atoms with E-state index >= 15 is 0 Å². The van der Waals surface area contributed by atoms with E-state index < -0.39 is 11.4 Å². The third kappa shape index (κ3) is 3.42. The van der Waals surface area contributed by atoms with Gasteiger partial charge in [-0.2, -0.15) is 0 Å². The van der Waals surface area contributed by atoms with Gasteiger partial charge < -0.3 is 9.87 Å². The second-order valence-corrected chi connectivity index (χ2v) is 2.53. The largest absolute Gasteiger partial charge is 0.750 e. The second kappa shape index (κ2) is 4.81. The third-order valence-electron chi connectivity index (χ3n) is 1.09. The van der Waals surface area contributed by atoms with Gasteiger partial charge in [0.2, 0.25) is 0 Å². The van der Waals surface area contributed by atoms with Crippen LogP contribution in [-0.2, 0) is 15.5 Å². The van der Waals surface area contributed by atoms with Crippen molar-refractivity contribution in [1.82, 2.24) is 4.98 Å². The number of hydrogen-bond donors (Lipinski definition) is 1. The predicted octanol–water partition coefficient (Wildman–Crippen LogP) is 0.262. The second-order valence-electron chi connectivity index (χ2n) is 1.88. The Bertz CT molecular complexity index is 254. The van der Waals surface area contributed by atoms with E-state index in [1.54, 1.807) is 24.5 Å². The van der Waals surface area contributed by atoms with Gasteiger partial charge in [0.15, 0.2) is 0 Å². The molecule has 1 aromatic heterocycles. The van der Waals surface area contributed by atoms with Crippen molar-refractivity contribution < 1.29 is 12.9 Å². The first kappa shape index (κ1) is 9.11. The Morgan fingerprint density at radius 3 is 3.17 bits per heavy atom. The van der Waals surface area contributed by atoms with E-state index in [1.807, 2.05) is 0 Å². The Morgan fingerprint density at radius 2 is 2.58 bits per heavy atom. The Balaban J connectivity index is 2.29. The molecule has 0 radical (unpaired) electrons. The lowest BCUT2D eigenvalue weighted by Crippen LogP contribution is -2.07. The molecule has 0 saturated carbocycles. The molecule has 0 aliphatic rings. The van der Waals surface area contributed by atoms with E-state index in [0.717, 1.165) is 0 Å². The highest BCUT2D eigenvalue weighted by Gasteiger charge is 1.88. The van der Waals surface area contributed by atoms with Gasteiger partial charge in [-0.3, -0.25) is 9.17 Å². The van der Waals surface area contributed by atoms with Gasteiger partial charge in [-0.05, 0) is 12.1 Å². The molecular formula is C6H7N2O3S-. The van der Waals surface area contributed by atoms with Crippen molar-refractivity contribution in [3.8, 4) is 0 Å². The summed E-state index contributed by atoms with van der Waals surface area (Å²) in [6.07, 6.45) is 3.19. The number of pyridine rings is 1. The fraction of sp³-hybridized carbons (Fsp3) is 0.167. The summed E-state index contributed by atoms with van der Waals surface area (Å²) in [6.45, 7) is -0.0815. The minimum absolute atomic E-state index is 0.0815. The smallest absolute Gasteiger partial charge is 0.132 e. The van der Waals surface area contributed by atoms with Crippen molar-refractivity contribution in [2.24, 2.45) is 0 Å². The standard InChI is InChI=1S/C6H8N2O3S/c9-12(10)11-5-8-6-2-1-3-7-4-6/h1-4,8H,5H2,(H,9,10)/p-1. The van der Waals surface area contributed by atoms with Gasteiger partial charge >= 0.3 is 0 Å². The molecular weight excluding hydrogens is 180 g/mol. The summed E-state index contributed by atoms with van der Waals surface area (Å²) in [7, 11) is 0. The number of hydrogen-bond acceptors (Lipinski definition) is 5. The molecule has 0 aliphatic carbocycles. The molecule has 0 saturated heterocycles. The highest BCUT2D eigenvalue weighted by molar-refractivity contribution is 7.74. The van der Waals surface area contributed by atoms with Crippen molar-refractivity contribution in [2.75, 3.05) is 12.0 Å². The first-order valence-corrected chi connectivity index (χ1v) is 4.15. The summed E-state index contributed by atoms with van der Waals surface area (Å²) in [5.74, 6) is 0. The maximum atomic E-state index is 9.91. The van der Waals surface area contributed by atoms with Crippen LogP contribution in [0.1, 0.15) is 0 Å². The molecule has 1 unspecified atom stereocenters. The molecule has 5 nitrogen and oxygen atoms in total. The maximum absolute atomic E-state index is 9.91. The molecule has 1 heterocycles. The van der Waals surface area contributed by atoms with Crippen LogP contribution in [0.4, 0.5) is 5.69 Å². The van der Waals surface area contributed by atoms with Gasteiger partial charge in [-0.15, -0.1) is 0 Å². The Morgan fingerprint density at radius 1 is 1.75 bits per heavy atom. The van der Waals surface area contributed by atoms with Gasteiger partial charge in [-0.25, -0.2) is 4.21 Å². The van der Waals surface area contributed by atoms with Crippen molar-refractivity contribution >= 4 is 17.0 Å². The molecule has 6 heteroatoms. The van der Waals surface area contributed by atoms with E-state index in [2.05, 4.69) is 14.5 Å². The number of aromatic nitrogens is 1. The van der Waals surface area contributed by atoms with Crippen molar-refractivity contribution in [3.63, 3.8) is 0 Å². The Kier molecular flexibility index (Phi) is 3.65. The van der Waals surface area contributed by atoms with Gasteiger partial charge in [0.05, 0.1) is 17.0 Å². The van der Waals surface area contributed by atoms with Crippen molar-refractivity contribution in [1.29, 1.82) is 0 Å². The van der Waals surface area contributed by atoms with Crippen LogP contribution in [0.25, 0.3) is 0 Å². The normalized spacial score (nSPS) is 12.4. The zero-order valence-corrected chi connectivity index (χ0v) is 6.91. The minimum Gasteiger partial charge on any atom is -0.750 e. The molecule has 1 rings (SSSR count). The van der Waals surface area contributed by atoms with Gasteiger partial charge in [0, 0.05) is 12.4 Å². The highest BCUT2D eigenvalue weighted by atomic mass is 32.2. The first-order valence-electron chi connectivity index (χ1n) is 3.15. The lowest BCUT2D eigenvalue weighted by molar-refractivity contribution is 0.322. The number of rotatable bonds is 4. The molecule has 1 atom stereocenters. The van der Waals surface area contributed by atoms with Crippen molar-refractivity contribution in [2.45, 2.75) is 0 Å². The Labute approximate surface area is 72.3 Å². The highest BCUT2D eigenvalue weighted by Crippen LogP contribution is 2.01. The van der Waals surface area contributed by atoms with Crippen LogP contribution in [0.15, 0.2) is 24.5 Å². The summed E-state index contributed by atoms with van der Waals surface area (Å²) in [4.78, 5) is 3.81. The average Bonchev–Trinajstić information content (AvgIpc) is 2.05. The fourth-order valence-electron chi connectivity index (χ4n) is 0.628. The minimum atomic E-state index is -2.47. The van der Waals surface area contributed by atoms with Crippen LogP contribution in [0, 0.1) is 0 Å². The lowest BCUT2D eigenvalue weighted by Gasteiger charge is -2.07. The number of nitrogens with zero attached hydrogens (tertiary/aromatic N) is 1.